The van der Waals surface area contributed by atoms with E-state index in [0.717, 1.165) is 7.11 Å². The van der Waals surface area contributed by atoms with Crippen LogP contribution in [0.2, 0.25) is 0 Å². The summed E-state index contributed by atoms with van der Waals surface area (Å²) in [6, 6.07) is 7.09. The lowest BCUT2D eigenvalue weighted by molar-refractivity contribution is -0.138. The number of nitrogens with one attached hydrogen (secondary N) is 2. The third-order valence-electron chi connectivity index (χ3n) is 2.28. The number of amides is 1. The van der Waals surface area contributed by atoms with Gasteiger partial charge in [-0.25, -0.2) is 9.52 Å². The van der Waals surface area contributed by atoms with E-state index in [-0.39, 0.29) is 6.42 Å². The molecule has 8 nitrogen and oxygen atoms in total. The minimum absolute atomic E-state index is 0.0573. The largest absolute Gasteiger partial charge is 0.480 e. The van der Waals surface area contributed by atoms with Crippen LogP contribution in [0.3, 0.4) is 0 Å². The van der Waals surface area contributed by atoms with Gasteiger partial charge in [-0.2, -0.15) is 13.1 Å². The molecule has 0 saturated carbocycles. The van der Waals surface area contributed by atoms with Crippen LogP contribution in [0.5, 0.6) is 0 Å². The smallest absolute Gasteiger partial charge is 0.421 e. The minimum atomic E-state index is -4.31. The van der Waals surface area contributed by atoms with Gasteiger partial charge in [0.1, 0.15) is 6.04 Å². The lowest BCUT2D eigenvalue weighted by atomic mass is 10.1. The summed E-state index contributed by atoms with van der Waals surface area (Å²) in [5.41, 5.74) is 0.640. The topological polar surface area (TPSA) is 122 Å². The van der Waals surface area contributed by atoms with E-state index in [4.69, 9.17) is 5.11 Å². The summed E-state index contributed by atoms with van der Waals surface area (Å²) in [6.07, 6.45) is -1.26. The van der Waals surface area contributed by atoms with Crippen molar-refractivity contribution in [1.82, 2.24) is 9.44 Å². The molecule has 0 bridgehead atoms. The zero-order chi connectivity index (χ0) is 15.2. The van der Waals surface area contributed by atoms with Gasteiger partial charge in [-0.3, -0.25) is 4.79 Å². The average Bonchev–Trinajstić information content (AvgIpc) is 2.38. The second-order valence-corrected chi connectivity index (χ2v) is 5.24. The summed E-state index contributed by atoms with van der Waals surface area (Å²) in [7, 11) is -3.32. The predicted octanol–water partition coefficient (Wildman–Crippen LogP) is -0.127. The Kier molecular flexibility index (Phi) is 5.47. The Balaban J connectivity index is 2.78. The van der Waals surface area contributed by atoms with Gasteiger partial charge in [-0.05, 0) is 12.0 Å². The molecule has 1 atom stereocenters. The van der Waals surface area contributed by atoms with E-state index in [2.05, 4.69) is 4.74 Å². The number of carboxylic acid groups (broad SMARTS) is 1. The summed E-state index contributed by atoms with van der Waals surface area (Å²) >= 11 is 0. The zero-order valence-corrected chi connectivity index (χ0v) is 11.4. The fraction of sp³-hybridized carbons (Fsp3) is 0.273. The van der Waals surface area contributed by atoms with Crippen molar-refractivity contribution in [1.29, 1.82) is 0 Å². The van der Waals surface area contributed by atoms with Gasteiger partial charge in [0.25, 0.3) is 0 Å². The third kappa shape index (κ3) is 5.24. The first-order chi connectivity index (χ1) is 9.34. The fourth-order valence-electron chi connectivity index (χ4n) is 1.40. The highest BCUT2D eigenvalue weighted by molar-refractivity contribution is 7.88. The van der Waals surface area contributed by atoms with Crippen molar-refractivity contribution < 1.29 is 27.9 Å². The molecule has 0 spiro atoms. The third-order valence-corrected chi connectivity index (χ3v) is 3.31. The van der Waals surface area contributed by atoms with Crippen molar-refractivity contribution in [2.24, 2.45) is 0 Å². The molecule has 0 radical (unpaired) electrons. The first-order valence-corrected chi connectivity index (χ1v) is 6.97. The number of methoxy groups -OCH3 is 1. The maximum atomic E-state index is 11.5. The average molecular weight is 302 g/mol. The molecular formula is C11H14N2O6S. The number of hydrogen-bond acceptors (Lipinski definition) is 5. The molecule has 110 valence electrons. The van der Waals surface area contributed by atoms with E-state index < -0.39 is 28.3 Å². The predicted molar refractivity (Wildman–Crippen MR) is 69.2 cm³/mol. The summed E-state index contributed by atoms with van der Waals surface area (Å²) in [4.78, 5) is 21.9. The van der Waals surface area contributed by atoms with Crippen LogP contribution in [0.25, 0.3) is 0 Å². The van der Waals surface area contributed by atoms with Gasteiger partial charge in [0, 0.05) is 0 Å². The van der Waals surface area contributed by atoms with Gasteiger partial charge in [-0.15, -0.1) is 0 Å². The second-order valence-electron chi connectivity index (χ2n) is 3.80. The fourth-order valence-corrected chi connectivity index (χ4v) is 2.32. The Labute approximate surface area is 115 Å². The summed E-state index contributed by atoms with van der Waals surface area (Å²) in [5, 5.41) is 9.02. The standard InChI is InChI=1S/C11H14N2O6S/c1-19-11(16)13-20(17,18)12-9(10(14)15)7-8-5-3-2-4-6-8/h2-6,9,12H,7H2,1H3,(H,13,16)(H,14,15). The molecule has 3 N–H and O–H groups in total. The number of rotatable bonds is 6. The van der Waals surface area contributed by atoms with Crippen molar-refractivity contribution in [3.63, 3.8) is 0 Å². The molecule has 1 aromatic rings. The first-order valence-electron chi connectivity index (χ1n) is 5.49. The van der Waals surface area contributed by atoms with Crippen LogP contribution in [-0.4, -0.2) is 38.7 Å². The Hall–Kier alpha value is -2.13. The molecule has 1 amide bonds. The highest BCUT2D eigenvalue weighted by atomic mass is 32.2. The SMILES string of the molecule is COC(=O)NS(=O)(=O)NC(Cc1ccccc1)C(=O)O. The van der Waals surface area contributed by atoms with Crippen molar-refractivity contribution in [3.8, 4) is 0 Å². The minimum Gasteiger partial charge on any atom is -0.480 e. The van der Waals surface area contributed by atoms with Crippen molar-refractivity contribution in [2.45, 2.75) is 12.5 Å². The maximum Gasteiger partial charge on any atom is 0.421 e. The van der Waals surface area contributed by atoms with Crippen LogP contribution in [-0.2, 0) is 26.2 Å². The molecule has 9 heteroatoms. The molecule has 20 heavy (non-hydrogen) atoms. The normalized spacial score (nSPS) is 12.4. The Morgan fingerprint density at radius 2 is 1.90 bits per heavy atom. The van der Waals surface area contributed by atoms with E-state index in [1.165, 1.54) is 4.72 Å². The zero-order valence-electron chi connectivity index (χ0n) is 10.6. The van der Waals surface area contributed by atoms with Crippen LogP contribution in [0.15, 0.2) is 30.3 Å². The number of hydrogen-bond donors (Lipinski definition) is 3. The van der Waals surface area contributed by atoms with E-state index in [1.54, 1.807) is 30.3 Å². The molecule has 0 aliphatic heterocycles. The highest BCUT2D eigenvalue weighted by Crippen LogP contribution is 2.04. The van der Waals surface area contributed by atoms with Gasteiger partial charge in [-0.1, -0.05) is 30.3 Å². The molecule has 0 aliphatic rings. The highest BCUT2D eigenvalue weighted by Gasteiger charge is 2.25. The number of carboxylic acids is 1. The van der Waals surface area contributed by atoms with Crippen LogP contribution in [0, 0.1) is 0 Å². The molecule has 1 unspecified atom stereocenters. The lowest BCUT2D eigenvalue weighted by Crippen LogP contribution is -2.49. The summed E-state index contributed by atoms with van der Waals surface area (Å²) in [6.45, 7) is 0. The van der Waals surface area contributed by atoms with E-state index in [0.29, 0.717) is 5.56 Å². The van der Waals surface area contributed by atoms with Gasteiger partial charge in [0.2, 0.25) is 0 Å². The van der Waals surface area contributed by atoms with Gasteiger partial charge in [0.05, 0.1) is 7.11 Å². The molecule has 1 aromatic carbocycles. The molecule has 0 heterocycles. The van der Waals surface area contributed by atoms with Gasteiger partial charge < -0.3 is 9.84 Å². The number of ether oxygens (including phenoxy) is 1. The summed E-state index contributed by atoms with van der Waals surface area (Å²) < 4.78 is 30.5. The monoisotopic (exact) mass is 302 g/mol. The molecule has 0 fully saturated rings. The van der Waals surface area contributed by atoms with Crippen LogP contribution in [0.1, 0.15) is 5.56 Å². The van der Waals surface area contributed by atoms with E-state index >= 15 is 0 Å². The Morgan fingerprint density at radius 1 is 1.30 bits per heavy atom. The second kappa shape index (κ2) is 6.87. The Morgan fingerprint density at radius 3 is 2.40 bits per heavy atom. The maximum absolute atomic E-state index is 11.5. The van der Waals surface area contributed by atoms with E-state index in [9.17, 15) is 18.0 Å². The molecule has 1 rings (SSSR count). The van der Waals surface area contributed by atoms with Crippen LogP contribution >= 0.6 is 0 Å². The lowest BCUT2D eigenvalue weighted by Gasteiger charge is -2.14. The van der Waals surface area contributed by atoms with Crippen molar-refractivity contribution >= 4 is 22.3 Å². The molecule has 0 saturated heterocycles. The molecule has 0 aromatic heterocycles. The Bertz CT molecular complexity index is 572. The van der Waals surface area contributed by atoms with E-state index in [1.807, 2.05) is 4.72 Å². The van der Waals surface area contributed by atoms with Crippen LogP contribution in [0.4, 0.5) is 4.79 Å². The van der Waals surface area contributed by atoms with Gasteiger partial charge in [0.15, 0.2) is 0 Å². The number of carbonyl (C=O) groups is 2. The number of aliphatic carboxylic acids is 1. The van der Waals surface area contributed by atoms with Crippen molar-refractivity contribution in [3.05, 3.63) is 35.9 Å². The number of carbonyl (C=O) groups excluding carboxylic acids is 1. The molecule has 0 aliphatic carbocycles. The quantitative estimate of drug-likeness (QED) is 0.673. The van der Waals surface area contributed by atoms with Gasteiger partial charge >= 0.3 is 22.3 Å². The van der Waals surface area contributed by atoms with Crippen molar-refractivity contribution in [2.75, 3.05) is 7.11 Å². The van der Waals surface area contributed by atoms with Crippen LogP contribution < -0.4 is 9.44 Å². The first kappa shape index (κ1) is 15.9. The number of benzene rings is 1. The summed E-state index contributed by atoms with van der Waals surface area (Å²) in [5.74, 6) is -1.36. The molecular weight excluding hydrogens is 288 g/mol.